The van der Waals surface area contributed by atoms with E-state index in [0.717, 1.165) is 25.1 Å². The lowest BCUT2D eigenvalue weighted by molar-refractivity contribution is 0.104. The molecule has 0 saturated carbocycles. The monoisotopic (exact) mass is 236 g/mol. The molecule has 0 amide bonds. The lowest BCUT2D eigenvalue weighted by Crippen LogP contribution is -2.44. The fourth-order valence-electron chi connectivity index (χ4n) is 1.86. The molecule has 0 bridgehead atoms. The van der Waals surface area contributed by atoms with E-state index in [2.05, 4.69) is 5.32 Å². The second kappa shape index (κ2) is 5.27. The Morgan fingerprint density at radius 1 is 1.38 bits per heavy atom. The van der Waals surface area contributed by atoms with E-state index in [0.29, 0.717) is 11.7 Å². The number of likely N-dealkylation sites (tertiary alicyclic amines) is 1. The van der Waals surface area contributed by atoms with E-state index in [1.807, 2.05) is 35.2 Å². The number of anilines is 1. The number of β-amino-alcohol motifs (C(OH)–C–C–N with tert-alkyl or cyclic N) is 1. The third-order valence-electron chi connectivity index (χ3n) is 2.71. The molecule has 0 spiro atoms. The van der Waals surface area contributed by atoms with E-state index >= 15 is 0 Å². The van der Waals surface area contributed by atoms with Gasteiger partial charge in [0.25, 0.3) is 0 Å². The summed E-state index contributed by atoms with van der Waals surface area (Å²) in [6.07, 6.45) is 1.63. The minimum absolute atomic E-state index is 0.246. The normalized spacial score (nSPS) is 20.6. The van der Waals surface area contributed by atoms with Crippen molar-refractivity contribution >= 4 is 23.0 Å². The number of piperidine rings is 1. The zero-order valence-electron chi connectivity index (χ0n) is 9.10. The van der Waals surface area contributed by atoms with Crippen LogP contribution in [-0.4, -0.2) is 34.3 Å². The average molecular weight is 236 g/mol. The lowest BCUT2D eigenvalue weighted by atomic mass is 10.1. The molecule has 1 unspecified atom stereocenters. The van der Waals surface area contributed by atoms with Gasteiger partial charge in [-0.25, -0.2) is 0 Å². The Hall–Kier alpha value is -1.13. The zero-order chi connectivity index (χ0) is 11.4. The van der Waals surface area contributed by atoms with Gasteiger partial charge in [0.2, 0.25) is 0 Å². The van der Waals surface area contributed by atoms with Crippen molar-refractivity contribution in [3.63, 3.8) is 0 Å². The van der Waals surface area contributed by atoms with Gasteiger partial charge in [-0.2, -0.15) is 0 Å². The Kier molecular flexibility index (Phi) is 3.74. The van der Waals surface area contributed by atoms with Crippen molar-refractivity contribution in [3.8, 4) is 0 Å². The maximum atomic E-state index is 9.57. The van der Waals surface area contributed by atoms with Gasteiger partial charge in [-0.05, 0) is 37.2 Å². The van der Waals surface area contributed by atoms with Crippen molar-refractivity contribution in [2.45, 2.75) is 18.9 Å². The smallest absolute Gasteiger partial charge is 0.173 e. The summed E-state index contributed by atoms with van der Waals surface area (Å²) < 4.78 is 0. The molecule has 2 rings (SSSR count). The highest BCUT2D eigenvalue weighted by atomic mass is 32.1. The molecule has 0 radical (unpaired) electrons. The van der Waals surface area contributed by atoms with Gasteiger partial charge < -0.3 is 15.3 Å². The Labute approximate surface area is 101 Å². The predicted molar refractivity (Wildman–Crippen MR) is 69.5 cm³/mol. The lowest BCUT2D eigenvalue weighted by Gasteiger charge is -2.32. The van der Waals surface area contributed by atoms with Gasteiger partial charge in [0.1, 0.15) is 0 Å². The van der Waals surface area contributed by atoms with Gasteiger partial charge in [-0.15, -0.1) is 0 Å². The summed E-state index contributed by atoms with van der Waals surface area (Å²) >= 11 is 5.31. The number of nitrogens with one attached hydrogen (secondary N) is 1. The predicted octanol–water partition coefficient (Wildman–Crippen LogP) is 1.84. The van der Waals surface area contributed by atoms with Gasteiger partial charge >= 0.3 is 0 Å². The van der Waals surface area contributed by atoms with Crippen molar-refractivity contribution in [1.29, 1.82) is 0 Å². The van der Waals surface area contributed by atoms with Crippen LogP contribution in [0.15, 0.2) is 30.3 Å². The Morgan fingerprint density at radius 3 is 2.81 bits per heavy atom. The molecule has 0 aliphatic carbocycles. The number of benzene rings is 1. The van der Waals surface area contributed by atoms with Crippen LogP contribution in [0.25, 0.3) is 0 Å². The van der Waals surface area contributed by atoms with Crippen molar-refractivity contribution in [1.82, 2.24) is 4.90 Å². The highest BCUT2D eigenvalue weighted by molar-refractivity contribution is 7.80. The largest absolute Gasteiger partial charge is 0.391 e. The zero-order valence-corrected chi connectivity index (χ0v) is 9.91. The second-order valence-electron chi connectivity index (χ2n) is 4.04. The van der Waals surface area contributed by atoms with E-state index in [-0.39, 0.29) is 6.10 Å². The molecule has 86 valence electrons. The van der Waals surface area contributed by atoms with E-state index in [1.54, 1.807) is 0 Å². The number of hydrogen-bond donors (Lipinski definition) is 2. The Balaban J connectivity index is 1.93. The van der Waals surface area contributed by atoms with Crippen molar-refractivity contribution in [3.05, 3.63) is 30.3 Å². The second-order valence-corrected chi connectivity index (χ2v) is 4.42. The summed E-state index contributed by atoms with van der Waals surface area (Å²) in [5, 5.41) is 13.4. The maximum Gasteiger partial charge on any atom is 0.173 e. The summed E-state index contributed by atoms with van der Waals surface area (Å²) in [7, 11) is 0. The van der Waals surface area contributed by atoms with E-state index < -0.39 is 0 Å². The van der Waals surface area contributed by atoms with Crippen LogP contribution < -0.4 is 5.32 Å². The summed E-state index contributed by atoms with van der Waals surface area (Å²) in [5.41, 5.74) is 0.993. The van der Waals surface area contributed by atoms with Crippen LogP contribution in [0.5, 0.6) is 0 Å². The third-order valence-corrected chi connectivity index (χ3v) is 3.07. The minimum atomic E-state index is -0.246. The molecule has 16 heavy (non-hydrogen) atoms. The topological polar surface area (TPSA) is 35.5 Å². The Morgan fingerprint density at radius 2 is 2.12 bits per heavy atom. The first-order valence-electron chi connectivity index (χ1n) is 5.55. The molecule has 1 saturated heterocycles. The molecule has 1 aromatic carbocycles. The molecule has 1 atom stereocenters. The van der Waals surface area contributed by atoms with Gasteiger partial charge in [0.05, 0.1) is 6.10 Å². The summed E-state index contributed by atoms with van der Waals surface area (Å²) in [6.45, 7) is 1.56. The summed E-state index contributed by atoms with van der Waals surface area (Å²) in [6, 6.07) is 9.87. The molecule has 1 aliphatic rings. The molecule has 1 aromatic rings. The van der Waals surface area contributed by atoms with Gasteiger partial charge in [0.15, 0.2) is 5.11 Å². The Bertz CT molecular complexity index is 355. The molecule has 4 heteroatoms. The number of nitrogens with zero attached hydrogens (tertiary/aromatic N) is 1. The highest BCUT2D eigenvalue weighted by Crippen LogP contribution is 2.12. The first-order chi connectivity index (χ1) is 7.75. The van der Waals surface area contributed by atoms with Crippen LogP contribution in [-0.2, 0) is 0 Å². The fourth-order valence-corrected chi connectivity index (χ4v) is 2.15. The van der Waals surface area contributed by atoms with Gasteiger partial charge in [0, 0.05) is 18.8 Å². The van der Waals surface area contributed by atoms with Crippen LogP contribution in [0.4, 0.5) is 5.69 Å². The molecule has 1 fully saturated rings. The van der Waals surface area contributed by atoms with E-state index in [9.17, 15) is 5.11 Å². The summed E-state index contributed by atoms with van der Waals surface area (Å²) in [5.74, 6) is 0. The van der Waals surface area contributed by atoms with E-state index in [1.165, 1.54) is 0 Å². The maximum absolute atomic E-state index is 9.57. The number of aliphatic hydroxyl groups excluding tert-OH is 1. The quantitative estimate of drug-likeness (QED) is 0.729. The van der Waals surface area contributed by atoms with Crippen LogP contribution >= 0.6 is 12.2 Å². The number of thiocarbonyl (C=S) groups is 1. The van der Waals surface area contributed by atoms with Gasteiger partial charge in [-0.1, -0.05) is 18.2 Å². The molecule has 3 nitrogen and oxygen atoms in total. The molecular weight excluding hydrogens is 220 g/mol. The molecule has 1 heterocycles. The van der Waals surface area contributed by atoms with Crippen LogP contribution in [0.1, 0.15) is 12.8 Å². The molecule has 1 aliphatic heterocycles. The van der Waals surface area contributed by atoms with Crippen molar-refractivity contribution < 1.29 is 5.11 Å². The fraction of sp³-hybridized carbons (Fsp3) is 0.417. The van der Waals surface area contributed by atoms with Crippen LogP contribution in [0.3, 0.4) is 0 Å². The van der Waals surface area contributed by atoms with Crippen LogP contribution in [0, 0.1) is 0 Å². The summed E-state index contributed by atoms with van der Waals surface area (Å²) in [4.78, 5) is 2.02. The van der Waals surface area contributed by atoms with Crippen LogP contribution in [0.2, 0.25) is 0 Å². The number of hydrogen-bond acceptors (Lipinski definition) is 2. The SMILES string of the molecule is OC1CCCN(C(=S)Nc2ccccc2)C1. The molecule has 0 aromatic heterocycles. The molecule has 2 N–H and O–H groups in total. The van der Waals surface area contributed by atoms with E-state index in [4.69, 9.17) is 12.2 Å². The van der Waals surface area contributed by atoms with Crippen molar-refractivity contribution in [2.24, 2.45) is 0 Å². The average Bonchev–Trinajstić information content (AvgIpc) is 2.30. The molecular formula is C12H16N2OS. The van der Waals surface area contributed by atoms with Crippen molar-refractivity contribution in [2.75, 3.05) is 18.4 Å². The third kappa shape index (κ3) is 2.93. The minimum Gasteiger partial charge on any atom is -0.391 e. The first kappa shape index (κ1) is 11.4. The number of aliphatic hydroxyl groups is 1. The number of para-hydroxylation sites is 1. The van der Waals surface area contributed by atoms with Gasteiger partial charge in [-0.3, -0.25) is 0 Å². The highest BCUT2D eigenvalue weighted by Gasteiger charge is 2.19. The standard InChI is InChI=1S/C12H16N2OS/c15-11-7-4-8-14(9-11)12(16)13-10-5-2-1-3-6-10/h1-3,5-6,11,15H,4,7-9H2,(H,13,16). The number of rotatable bonds is 1. The first-order valence-corrected chi connectivity index (χ1v) is 5.95.